The van der Waals surface area contributed by atoms with Crippen LogP contribution in [0.25, 0.3) is 6.08 Å². The molecule has 1 aliphatic heterocycles. The molecule has 0 aromatic heterocycles. The molecule has 8 heteroatoms. The fraction of sp³-hybridized carbons (Fsp3) is 0.0800. The summed E-state index contributed by atoms with van der Waals surface area (Å²) in [7, 11) is 1.47. The molecule has 0 bridgehead atoms. The van der Waals surface area contributed by atoms with Gasteiger partial charge in [0.1, 0.15) is 5.82 Å². The van der Waals surface area contributed by atoms with Gasteiger partial charge < -0.3 is 9.47 Å². The van der Waals surface area contributed by atoms with Crippen molar-refractivity contribution in [3.8, 4) is 11.5 Å². The fourth-order valence-electron chi connectivity index (χ4n) is 3.22. The van der Waals surface area contributed by atoms with Crippen molar-refractivity contribution in [2.24, 2.45) is 0 Å². The number of rotatable bonds is 5. The average molecular weight is 480 g/mol. The van der Waals surface area contributed by atoms with E-state index in [1.165, 1.54) is 36.3 Å². The molecule has 3 aromatic carbocycles. The van der Waals surface area contributed by atoms with Gasteiger partial charge >= 0.3 is 5.97 Å². The molecule has 4 rings (SSSR count). The first-order chi connectivity index (χ1) is 15.9. The van der Waals surface area contributed by atoms with Crippen LogP contribution in [0.5, 0.6) is 11.5 Å². The lowest BCUT2D eigenvalue weighted by atomic mass is 10.1. The van der Waals surface area contributed by atoms with Crippen molar-refractivity contribution in [3.63, 3.8) is 0 Å². The fourth-order valence-corrected chi connectivity index (χ4v) is 4.52. The molecule has 1 amide bonds. The number of amides is 1. The topological polar surface area (TPSA) is 55.8 Å². The van der Waals surface area contributed by atoms with Crippen LogP contribution in [0.1, 0.15) is 21.5 Å². The summed E-state index contributed by atoms with van der Waals surface area (Å²) in [6.45, 7) is 1.89. The van der Waals surface area contributed by atoms with Crippen molar-refractivity contribution in [1.82, 2.24) is 0 Å². The summed E-state index contributed by atoms with van der Waals surface area (Å²) in [5, 5.41) is 0. The van der Waals surface area contributed by atoms with Gasteiger partial charge in [0.05, 0.1) is 23.3 Å². The highest BCUT2D eigenvalue weighted by Gasteiger charge is 2.33. The molecule has 1 saturated heterocycles. The molecular weight excluding hydrogens is 461 g/mol. The second-order valence-corrected chi connectivity index (χ2v) is 8.84. The second-order valence-electron chi connectivity index (χ2n) is 7.16. The van der Waals surface area contributed by atoms with Crippen LogP contribution in [0.2, 0.25) is 0 Å². The molecule has 5 nitrogen and oxygen atoms in total. The zero-order valence-electron chi connectivity index (χ0n) is 17.7. The Morgan fingerprint density at radius 3 is 2.52 bits per heavy atom. The lowest BCUT2D eigenvalue weighted by molar-refractivity contribution is -0.113. The van der Waals surface area contributed by atoms with Gasteiger partial charge in [-0.15, -0.1) is 0 Å². The zero-order valence-corrected chi connectivity index (χ0v) is 19.3. The number of nitrogens with zero attached hydrogens (tertiary/aromatic N) is 1. The Hall–Kier alpha value is -3.49. The van der Waals surface area contributed by atoms with Crippen LogP contribution >= 0.6 is 24.0 Å². The van der Waals surface area contributed by atoms with E-state index in [2.05, 4.69) is 0 Å². The number of carbonyl (C=O) groups is 2. The molecule has 0 aliphatic carbocycles. The summed E-state index contributed by atoms with van der Waals surface area (Å²) >= 11 is 6.50. The number of thiocarbonyl (C=S) groups is 1. The van der Waals surface area contributed by atoms with Gasteiger partial charge in [0, 0.05) is 0 Å². The number of thioether (sulfide) groups is 1. The minimum Gasteiger partial charge on any atom is -0.493 e. The average Bonchev–Trinajstić information content (AvgIpc) is 3.08. The van der Waals surface area contributed by atoms with Crippen LogP contribution in [0.4, 0.5) is 10.1 Å². The summed E-state index contributed by atoms with van der Waals surface area (Å²) in [5.74, 6) is -0.579. The molecule has 0 atom stereocenters. The van der Waals surface area contributed by atoms with Crippen molar-refractivity contribution < 1.29 is 23.5 Å². The van der Waals surface area contributed by atoms with E-state index in [1.54, 1.807) is 42.5 Å². The van der Waals surface area contributed by atoms with Crippen molar-refractivity contribution in [1.29, 1.82) is 0 Å². The maximum atomic E-state index is 13.2. The molecule has 166 valence electrons. The first kappa shape index (κ1) is 22.7. The highest BCUT2D eigenvalue weighted by molar-refractivity contribution is 8.27. The van der Waals surface area contributed by atoms with E-state index >= 15 is 0 Å². The maximum Gasteiger partial charge on any atom is 0.343 e. The standard InChI is InChI=1S/C25H18FNO4S2/c1-15-4-3-5-17(12-15)24(29)31-20-11-6-16(13-21(20)30-2)14-22-23(28)27(25(32)33-22)19-9-7-18(26)8-10-19/h3-14H,1-2H3. The molecule has 1 aliphatic rings. The largest absolute Gasteiger partial charge is 0.493 e. The second kappa shape index (κ2) is 9.56. The number of hydrogen-bond acceptors (Lipinski definition) is 6. The third-order valence-corrected chi connectivity index (χ3v) is 6.12. The van der Waals surface area contributed by atoms with Crippen LogP contribution in [0.3, 0.4) is 0 Å². The van der Waals surface area contributed by atoms with E-state index in [9.17, 15) is 14.0 Å². The lowest BCUT2D eigenvalue weighted by Gasteiger charge is -2.14. The quantitative estimate of drug-likeness (QED) is 0.201. The zero-order chi connectivity index (χ0) is 23.5. The van der Waals surface area contributed by atoms with Gasteiger partial charge in [0.25, 0.3) is 5.91 Å². The van der Waals surface area contributed by atoms with Crippen molar-refractivity contribution in [2.45, 2.75) is 6.92 Å². The number of esters is 1. The van der Waals surface area contributed by atoms with Crippen LogP contribution in [0.15, 0.2) is 71.6 Å². The van der Waals surface area contributed by atoms with E-state index in [4.69, 9.17) is 21.7 Å². The van der Waals surface area contributed by atoms with Gasteiger partial charge in [0.15, 0.2) is 15.8 Å². The van der Waals surface area contributed by atoms with Crippen molar-refractivity contribution in [2.75, 3.05) is 12.0 Å². The molecule has 3 aromatic rings. The Morgan fingerprint density at radius 2 is 1.82 bits per heavy atom. The molecule has 0 radical (unpaired) electrons. The Labute approximate surface area is 199 Å². The number of ether oxygens (including phenoxy) is 2. The summed E-state index contributed by atoms with van der Waals surface area (Å²) in [5.41, 5.74) is 2.55. The molecule has 0 saturated carbocycles. The van der Waals surface area contributed by atoms with E-state index in [0.29, 0.717) is 31.8 Å². The SMILES string of the molecule is COc1cc(C=C2SC(=S)N(c3ccc(F)cc3)C2=O)ccc1OC(=O)c1cccc(C)c1. The number of anilines is 1. The Balaban J connectivity index is 1.56. The van der Waals surface area contributed by atoms with E-state index in [0.717, 1.165) is 17.3 Å². The van der Waals surface area contributed by atoms with Gasteiger partial charge in [-0.2, -0.15) is 0 Å². The number of methoxy groups -OCH3 is 1. The van der Waals surface area contributed by atoms with Crippen LogP contribution in [-0.4, -0.2) is 23.3 Å². The van der Waals surface area contributed by atoms with Gasteiger partial charge in [-0.05, 0) is 67.1 Å². The lowest BCUT2D eigenvalue weighted by Crippen LogP contribution is -2.27. The molecule has 0 spiro atoms. The predicted molar refractivity (Wildman–Crippen MR) is 131 cm³/mol. The molecule has 33 heavy (non-hydrogen) atoms. The van der Waals surface area contributed by atoms with Crippen LogP contribution in [-0.2, 0) is 4.79 Å². The summed E-state index contributed by atoms with van der Waals surface area (Å²) in [4.78, 5) is 27.2. The third-order valence-electron chi connectivity index (χ3n) is 4.82. The third kappa shape index (κ3) is 4.97. The van der Waals surface area contributed by atoms with Gasteiger partial charge in [0.2, 0.25) is 0 Å². The van der Waals surface area contributed by atoms with Gasteiger partial charge in [-0.3, -0.25) is 9.69 Å². The normalized spacial score (nSPS) is 14.6. The van der Waals surface area contributed by atoms with Crippen molar-refractivity contribution in [3.05, 3.63) is 94.1 Å². The van der Waals surface area contributed by atoms with Crippen LogP contribution < -0.4 is 14.4 Å². The first-order valence-corrected chi connectivity index (χ1v) is 11.1. The molecule has 0 N–H and O–H groups in total. The maximum absolute atomic E-state index is 13.2. The van der Waals surface area contributed by atoms with Gasteiger partial charge in [-0.1, -0.05) is 47.7 Å². The number of benzene rings is 3. The van der Waals surface area contributed by atoms with Gasteiger partial charge in [-0.25, -0.2) is 9.18 Å². The minimum atomic E-state index is -0.495. The van der Waals surface area contributed by atoms with E-state index in [-0.39, 0.29) is 11.7 Å². The highest BCUT2D eigenvalue weighted by Crippen LogP contribution is 2.37. The Bertz CT molecular complexity index is 1290. The van der Waals surface area contributed by atoms with E-state index in [1.807, 2.05) is 13.0 Å². The Morgan fingerprint density at radius 1 is 1.06 bits per heavy atom. The minimum absolute atomic E-state index is 0.264. The predicted octanol–water partition coefficient (Wildman–Crippen LogP) is 5.77. The molecule has 1 fully saturated rings. The number of halogens is 1. The Kier molecular flexibility index (Phi) is 6.57. The monoisotopic (exact) mass is 479 g/mol. The van der Waals surface area contributed by atoms with Crippen molar-refractivity contribution >= 4 is 51.9 Å². The first-order valence-electron chi connectivity index (χ1n) is 9.86. The summed E-state index contributed by atoms with van der Waals surface area (Å²) < 4.78 is 24.5. The molecule has 1 heterocycles. The number of carbonyl (C=O) groups excluding carboxylic acids is 2. The summed E-state index contributed by atoms with van der Waals surface area (Å²) in [6.07, 6.45) is 1.68. The number of aryl methyl sites for hydroxylation is 1. The summed E-state index contributed by atoms with van der Waals surface area (Å²) in [6, 6.07) is 17.7. The molecule has 0 unspecified atom stereocenters. The van der Waals surface area contributed by atoms with Crippen LogP contribution in [0, 0.1) is 12.7 Å². The highest BCUT2D eigenvalue weighted by atomic mass is 32.2. The number of hydrogen-bond donors (Lipinski definition) is 0. The molecular formula is C25H18FNO4S2. The van der Waals surface area contributed by atoms with E-state index < -0.39 is 11.8 Å². The smallest absolute Gasteiger partial charge is 0.343 e.